The van der Waals surface area contributed by atoms with Gasteiger partial charge in [-0.05, 0) is 34.5 Å². The van der Waals surface area contributed by atoms with Gasteiger partial charge in [0.15, 0.2) is 5.58 Å². The molecule has 2 aromatic rings. The quantitative estimate of drug-likeness (QED) is 0.748. The van der Waals surface area contributed by atoms with Gasteiger partial charge >= 0.3 is 5.76 Å². The van der Waals surface area contributed by atoms with Crippen LogP contribution in [0.4, 0.5) is 0 Å². The van der Waals surface area contributed by atoms with Crippen molar-refractivity contribution in [3.05, 3.63) is 39.6 Å². The lowest BCUT2D eigenvalue weighted by Gasteiger charge is -1.95. The minimum atomic E-state index is -0.448. The number of H-pyrrole nitrogens is 1. The second-order valence-corrected chi connectivity index (χ2v) is 3.22. The Kier molecular flexibility index (Phi) is 1.58. The number of hydrogen-bond donors (Lipinski definition) is 1. The molecule has 12 heavy (non-hydrogen) atoms. The Morgan fingerprint density at radius 3 is 3.00 bits per heavy atom. The van der Waals surface area contributed by atoms with Crippen molar-refractivity contribution >= 4 is 27.0 Å². The van der Waals surface area contributed by atoms with E-state index in [1.54, 1.807) is 12.1 Å². The van der Waals surface area contributed by atoms with Crippen LogP contribution in [0, 0.1) is 6.92 Å². The second-order valence-electron chi connectivity index (χ2n) is 2.43. The van der Waals surface area contributed by atoms with E-state index in [0.29, 0.717) is 11.1 Å². The van der Waals surface area contributed by atoms with Crippen LogP contribution in [0.1, 0.15) is 5.56 Å². The number of rotatable bonds is 0. The first-order valence-corrected chi connectivity index (χ1v) is 4.11. The molecule has 0 saturated heterocycles. The maximum atomic E-state index is 10.8. The van der Waals surface area contributed by atoms with Crippen LogP contribution >= 0.6 is 15.9 Å². The predicted octanol–water partition coefficient (Wildman–Crippen LogP) is 2.07. The number of aromatic amines is 1. The average molecular weight is 227 g/mol. The van der Waals surface area contributed by atoms with E-state index in [9.17, 15) is 4.79 Å². The molecule has 61 valence electrons. The monoisotopic (exact) mass is 226 g/mol. The predicted molar refractivity (Wildman–Crippen MR) is 49.0 cm³/mol. The first-order chi connectivity index (χ1) is 5.68. The zero-order chi connectivity index (χ0) is 8.72. The number of nitrogens with one attached hydrogen (secondary N) is 1. The maximum Gasteiger partial charge on any atom is 0.417 e. The molecular weight excluding hydrogens is 222 g/mol. The zero-order valence-electron chi connectivity index (χ0n) is 6.06. The molecule has 0 aliphatic rings. The number of oxazole rings is 1. The van der Waals surface area contributed by atoms with Crippen LogP contribution in [0.3, 0.4) is 0 Å². The number of fused-ring (bicyclic) bond motifs is 1. The third-order valence-corrected chi connectivity index (χ3v) is 2.52. The van der Waals surface area contributed by atoms with Gasteiger partial charge in [-0.3, -0.25) is 4.98 Å². The van der Waals surface area contributed by atoms with Crippen molar-refractivity contribution in [2.75, 3.05) is 0 Å². The molecule has 0 unspecified atom stereocenters. The first-order valence-electron chi connectivity index (χ1n) is 3.32. The summed E-state index contributed by atoms with van der Waals surface area (Å²) < 4.78 is 5.60. The highest BCUT2D eigenvalue weighted by Gasteiger charge is 2.05. The van der Waals surface area contributed by atoms with Crippen LogP contribution in [0.15, 0.2) is 25.8 Å². The molecule has 0 atom stereocenters. The largest absolute Gasteiger partial charge is 0.417 e. The summed E-state index contributed by atoms with van der Waals surface area (Å²) in [7, 11) is 0. The lowest BCUT2D eigenvalue weighted by molar-refractivity contribution is 0.555. The van der Waals surface area contributed by atoms with E-state index < -0.39 is 5.76 Å². The summed E-state index contributed by atoms with van der Waals surface area (Å²) in [5.74, 6) is -0.448. The van der Waals surface area contributed by atoms with Gasteiger partial charge in [-0.15, -0.1) is 0 Å². The zero-order valence-corrected chi connectivity index (χ0v) is 7.64. The fraction of sp³-hybridized carbons (Fsp3) is 0. The van der Waals surface area contributed by atoms with E-state index in [0.717, 1.165) is 10.0 Å². The van der Waals surface area contributed by atoms with Crippen LogP contribution < -0.4 is 5.76 Å². The summed E-state index contributed by atoms with van der Waals surface area (Å²) in [5.41, 5.74) is 2.02. The Morgan fingerprint density at radius 1 is 1.50 bits per heavy atom. The third kappa shape index (κ3) is 0.992. The number of benzene rings is 1. The van der Waals surface area contributed by atoms with Gasteiger partial charge in [0.25, 0.3) is 0 Å². The molecule has 0 bridgehead atoms. The molecule has 1 aromatic carbocycles. The van der Waals surface area contributed by atoms with Crippen molar-refractivity contribution in [1.29, 1.82) is 0 Å². The molecule has 1 radical (unpaired) electrons. The summed E-state index contributed by atoms with van der Waals surface area (Å²) in [6, 6.07) is 3.49. The molecule has 2 rings (SSSR count). The molecule has 0 aliphatic heterocycles. The van der Waals surface area contributed by atoms with Crippen molar-refractivity contribution in [3.63, 3.8) is 0 Å². The first kappa shape index (κ1) is 7.61. The maximum absolute atomic E-state index is 10.8. The lowest BCUT2D eigenvalue weighted by Crippen LogP contribution is -1.93. The molecule has 0 aliphatic carbocycles. The molecule has 0 amide bonds. The van der Waals surface area contributed by atoms with Gasteiger partial charge in [0.05, 0.1) is 0 Å². The SMILES string of the molecule is [CH2]c1ccc2oc(=O)[nH]c2c1Br. The molecule has 1 N–H and O–H groups in total. The van der Waals surface area contributed by atoms with E-state index in [4.69, 9.17) is 4.42 Å². The van der Waals surface area contributed by atoms with E-state index in [1.165, 1.54) is 0 Å². The van der Waals surface area contributed by atoms with Crippen LogP contribution in [-0.2, 0) is 0 Å². The van der Waals surface area contributed by atoms with E-state index >= 15 is 0 Å². The fourth-order valence-corrected chi connectivity index (χ4v) is 1.46. The molecule has 3 nitrogen and oxygen atoms in total. The Hall–Kier alpha value is -1.03. The number of hydrogen-bond acceptors (Lipinski definition) is 2. The third-order valence-electron chi connectivity index (χ3n) is 1.61. The molecule has 1 heterocycles. The van der Waals surface area contributed by atoms with Crippen molar-refractivity contribution in [1.82, 2.24) is 4.98 Å². The molecular formula is C8H5BrNO2. The standard InChI is InChI=1S/C8H5BrNO2/c1-4-2-3-5-7(6(4)9)10-8(11)12-5/h2-3H,1H2,(H,10,11). The topological polar surface area (TPSA) is 46.0 Å². The highest BCUT2D eigenvalue weighted by Crippen LogP contribution is 2.24. The summed E-state index contributed by atoms with van der Waals surface area (Å²) in [6.45, 7) is 3.77. The summed E-state index contributed by atoms with van der Waals surface area (Å²) in [4.78, 5) is 13.3. The van der Waals surface area contributed by atoms with Crippen molar-refractivity contribution in [2.45, 2.75) is 0 Å². The van der Waals surface area contributed by atoms with Crippen molar-refractivity contribution < 1.29 is 4.42 Å². The Balaban J connectivity index is 2.99. The van der Waals surface area contributed by atoms with Gasteiger partial charge in [-0.25, -0.2) is 4.79 Å². The van der Waals surface area contributed by atoms with E-state index in [-0.39, 0.29) is 0 Å². The normalized spacial score (nSPS) is 10.8. The highest BCUT2D eigenvalue weighted by molar-refractivity contribution is 9.10. The number of halogens is 1. The van der Waals surface area contributed by atoms with Gasteiger partial charge < -0.3 is 4.42 Å². The highest BCUT2D eigenvalue weighted by atomic mass is 79.9. The molecule has 0 saturated carbocycles. The number of aromatic nitrogens is 1. The molecule has 1 aromatic heterocycles. The average Bonchev–Trinajstić information content (AvgIpc) is 2.39. The van der Waals surface area contributed by atoms with Crippen LogP contribution in [-0.4, -0.2) is 4.98 Å². The minimum absolute atomic E-state index is 0.448. The van der Waals surface area contributed by atoms with Crippen LogP contribution in [0.5, 0.6) is 0 Å². The molecule has 4 heteroatoms. The smallest absolute Gasteiger partial charge is 0.408 e. The minimum Gasteiger partial charge on any atom is -0.408 e. The molecule has 0 fully saturated rings. The Bertz CT molecular complexity index is 483. The Morgan fingerprint density at radius 2 is 2.25 bits per heavy atom. The van der Waals surface area contributed by atoms with Gasteiger partial charge in [0.2, 0.25) is 0 Å². The van der Waals surface area contributed by atoms with Gasteiger partial charge in [-0.2, -0.15) is 0 Å². The summed E-state index contributed by atoms with van der Waals surface area (Å²) in [5, 5.41) is 0. The second kappa shape index (κ2) is 2.48. The summed E-state index contributed by atoms with van der Waals surface area (Å²) in [6.07, 6.45) is 0. The van der Waals surface area contributed by atoms with Gasteiger partial charge in [0.1, 0.15) is 5.52 Å². The Labute approximate surface area is 76.5 Å². The van der Waals surface area contributed by atoms with Crippen LogP contribution in [0.25, 0.3) is 11.1 Å². The van der Waals surface area contributed by atoms with E-state index in [2.05, 4.69) is 27.8 Å². The van der Waals surface area contributed by atoms with Gasteiger partial charge in [-0.1, -0.05) is 6.07 Å². The summed E-state index contributed by atoms with van der Waals surface area (Å²) >= 11 is 3.30. The lowest BCUT2D eigenvalue weighted by atomic mass is 10.2. The molecule has 0 spiro atoms. The van der Waals surface area contributed by atoms with Crippen LogP contribution in [0.2, 0.25) is 0 Å². The van der Waals surface area contributed by atoms with Crippen molar-refractivity contribution in [2.24, 2.45) is 0 Å². The fourth-order valence-electron chi connectivity index (χ4n) is 1.03. The van der Waals surface area contributed by atoms with E-state index in [1.807, 2.05) is 0 Å². The van der Waals surface area contributed by atoms with Gasteiger partial charge in [0, 0.05) is 4.47 Å². The van der Waals surface area contributed by atoms with Crippen molar-refractivity contribution in [3.8, 4) is 0 Å².